The zero-order valence-corrected chi connectivity index (χ0v) is 15.7. The summed E-state index contributed by atoms with van der Waals surface area (Å²) in [6.07, 6.45) is 8.99. The van der Waals surface area contributed by atoms with Gasteiger partial charge in [-0.3, -0.25) is 4.79 Å². The Morgan fingerprint density at radius 3 is 2.97 bits per heavy atom. The van der Waals surface area contributed by atoms with Gasteiger partial charge in [0.2, 0.25) is 0 Å². The molecule has 3 heterocycles. The van der Waals surface area contributed by atoms with Gasteiger partial charge >= 0.3 is 6.61 Å². The molecule has 1 unspecified atom stereocenters. The van der Waals surface area contributed by atoms with Gasteiger partial charge in [-0.15, -0.1) is 0 Å². The highest BCUT2D eigenvalue weighted by atomic mass is 19.3. The first kappa shape index (κ1) is 18.5. The number of amides is 1. The Balaban J connectivity index is 1.45. The molecule has 0 radical (unpaired) electrons. The fourth-order valence-corrected chi connectivity index (χ4v) is 3.95. The van der Waals surface area contributed by atoms with Crippen molar-refractivity contribution >= 4 is 11.6 Å². The van der Waals surface area contributed by atoms with Crippen molar-refractivity contribution in [2.45, 2.75) is 31.9 Å². The standard InChI is InChI=1S/C20H18F2N6O2/c21-20(22)30-16-8-12-4-1-3-11(12)7-13(16)17-15(10-24-27-17)26-19(29)14-9-25-28-6-2-5-23-18(14)28/h2,5-10,17,20,24,27H,1,3-4H2,(H,26,29). The number of benzene rings is 1. The number of aryl methyl sites for hydroxylation is 2. The molecule has 30 heavy (non-hydrogen) atoms. The average molecular weight is 412 g/mol. The Morgan fingerprint density at radius 1 is 1.30 bits per heavy atom. The topological polar surface area (TPSA) is 92.6 Å². The highest BCUT2D eigenvalue weighted by molar-refractivity contribution is 6.00. The first-order valence-corrected chi connectivity index (χ1v) is 9.51. The van der Waals surface area contributed by atoms with E-state index in [0.717, 1.165) is 30.4 Å². The summed E-state index contributed by atoms with van der Waals surface area (Å²) in [5.41, 5.74) is 9.72. The van der Waals surface area contributed by atoms with Crippen molar-refractivity contribution in [2.75, 3.05) is 0 Å². The fraction of sp³-hybridized carbons (Fsp3) is 0.250. The van der Waals surface area contributed by atoms with E-state index in [1.54, 1.807) is 30.7 Å². The van der Waals surface area contributed by atoms with Gasteiger partial charge in [0.05, 0.1) is 17.9 Å². The van der Waals surface area contributed by atoms with Crippen molar-refractivity contribution in [3.63, 3.8) is 0 Å². The summed E-state index contributed by atoms with van der Waals surface area (Å²) in [6.45, 7) is -2.94. The van der Waals surface area contributed by atoms with Crippen LogP contribution in [0.25, 0.3) is 5.65 Å². The van der Waals surface area contributed by atoms with Crippen molar-refractivity contribution in [3.8, 4) is 5.75 Å². The first-order valence-electron chi connectivity index (χ1n) is 9.51. The number of aromatic nitrogens is 3. The van der Waals surface area contributed by atoms with E-state index in [0.29, 0.717) is 22.5 Å². The molecule has 1 aliphatic carbocycles. The molecule has 1 atom stereocenters. The van der Waals surface area contributed by atoms with E-state index in [9.17, 15) is 13.6 Å². The second-order valence-electron chi connectivity index (χ2n) is 7.11. The quantitative estimate of drug-likeness (QED) is 0.595. The van der Waals surface area contributed by atoms with Gasteiger partial charge in [-0.25, -0.2) is 14.9 Å². The second kappa shape index (κ2) is 7.38. The number of fused-ring (bicyclic) bond motifs is 2. The third kappa shape index (κ3) is 3.24. The predicted octanol–water partition coefficient (Wildman–Crippen LogP) is 2.24. The molecule has 2 aromatic heterocycles. The van der Waals surface area contributed by atoms with Crippen LogP contribution in [0, 0.1) is 0 Å². The van der Waals surface area contributed by atoms with Crippen molar-refractivity contribution in [3.05, 3.63) is 70.9 Å². The molecule has 5 rings (SSSR count). The van der Waals surface area contributed by atoms with Crippen LogP contribution in [0.4, 0.5) is 8.78 Å². The highest BCUT2D eigenvalue weighted by Crippen LogP contribution is 2.37. The molecule has 0 spiro atoms. The molecule has 0 bridgehead atoms. The number of halogens is 2. The molecule has 1 aromatic carbocycles. The zero-order valence-electron chi connectivity index (χ0n) is 15.7. The van der Waals surface area contributed by atoms with Gasteiger partial charge in [0.1, 0.15) is 11.3 Å². The molecule has 0 saturated carbocycles. The Morgan fingerprint density at radius 2 is 2.13 bits per heavy atom. The lowest BCUT2D eigenvalue weighted by Gasteiger charge is -2.20. The largest absolute Gasteiger partial charge is 0.434 e. The smallest absolute Gasteiger partial charge is 0.387 e. The number of nitrogens with zero attached hydrogens (tertiary/aromatic N) is 3. The number of rotatable bonds is 5. The second-order valence-corrected chi connectivity index (χ2v) is 7.11. The van der Waals surface area contributed by atoms with Gasteiger partial charge in [-0.2, -0.15) is 13.9 Å². The van der Waals surface area contributed by atoms with Gasteiger partial charge in [0.25, 0.3) is 5.91 Å². The van der Waals surface area contributed by atoms with Gasteiger partial charge in [-0.1, -0.05) is 0 Å². The monoisotopic (exact) mass is 412 g/mol. The van der Waals surface area contributed by atoms with Gasteiger partial charge in [0, 0.05) is 24.2 Å². The lowest BCUT2D eigenvalue weighted by Crippen LogP contribution is -2.31. The number of hydrogen-bond acceptors (Lipinski definition) is 6. The Kier molecular flexibility index (Phi) is 4.55. The molecule has 154 valence electrons. The number of nitrogens with one attached hydrogen (secondary N) is 3. The molecular weight excluding hydrogens is 394 g/mol. The number of ether oxygens (including phenoxy) is 1. The average Bonchev–Trinajstić information content (AvgIpc) is 3.45. The summed E-state index contributed by atoms with van der Waals surface area (Å²) in [4.78, 5) is 17.0. The molecule has 0 saturated heterocycles. The van der Waals surface area contributed by atoms with E-state index < -0.39 is 18.6 Å². The Labute approximate surface area is 169 Å². The lowest BCUT2D eigenvalue weighted by atomic mass is 9.98. The minimum atomic E-state index is -2.94. The maximum absolute atomic E-state index is 13.0. The lowest BCUT2D eigenvalue weighted by molar-refractivity contribution is -0.0506. The Hall–Kier alpha value is -3.53. The number of alkyl halides is 2. The number of carbonyl (C=O) groups is 1. The molecular formula is C20H18F2N6O2. The Bertz CT molecular complexity index is 1160. The molecule has 3 aromatic rings. The van der Waals surface area contributed by atoms with E-state index in [1.807, 2.05) is 6.07 Å². The minimum Gasteiger partial charge on any atom is -0.434 e. The van der Waals surface area contributed by atoms with Crippen LogP contribution in [0.3, 0.4) is 0 Å². The van der Waals surface area contributed by atoms with Crippen LogP contribution in [0.5, 0.6) is 5.75 Å². The molecule has 0 fully saturated rings. The van der Waals surface area contributed by atoms with Crippen LogP contribution in [0.2, 0.25) is 0 Å². The van der Waals surface area contributed by atoms with Crippen LogP contribution < -0.4 is 20.9 Å². The van der Waals surface area contributed by atoms with Crippen LogP contribution in [-0.4, -0.2) is 27.1 Å². The van der Waals surface area contributed by atoms with Crippen LogP contribution >= 0.6 is 0 Å². The minimum absolute atomic E-state index is 0.102. The van der Waals surface area contributed by atoms with Crippen LogP contribution in [0.1, 0.15) is 39.5 Å². The van der Waals surface area contributed by atoms with Crippen molar-refractivity contribution in [1.29, 1.82) is 0 Å². The summed E-state index contributed by atoms with van der Waals surface area (Å²) < 4.78 is 32.3. The third-order valence-electron chi connectivity index (χ3n) is 5.30. The van der Waals surface area contributed by atoms with Crippen LogP contribution in [-0.2, 0) is 12.8 Å². The van der Waals surface area contributed by atoms with E-state index in [2.05, 4.69) is 26.3 Å². The molecule has 3 N–H and O–H groups in total. The zero-order chi connectivity index (χ0) is 20.7. The summed E-state index contributed by atoms with van der Waals surface area (Å²) in [5, 5.41) is 6.95. The van der Waals surface area contributed by atoms with Crippen molar-refractivity contribution < 1.29 is 18.3 Å². The predicted molar refractivity (Wildman–Crippen MR) is 103 cm³/mol. The van der Waals surface area contributed by atoms with Crippen LogP contribution in [0.15, 0.2) is 48.7 Å². The summed E-state index contributed by atoms with van der Waals surface area (Å²) >= 11 is 0. The first-order chi connectivity index (χ1) is 14.6. The molecule has 1 amide bonds. The van der Waals surface area contributed by atoms with Gasteiger partial charge in [-0.05, 0) is 48.6 Å². The molecule has 10 heteroatoms. The summed E-state index contributed by atoms with van der Waals surface area (Å²) in [6, 6.07) is 4.70. The number of hydrazine groups is 1. The summed E-state index contributed by atoms with van der Waals surface area (Å²) in [5.74, 6) is -0.299. The third-order valence-corrected chi connectivity index (χ3v) is 5.30. The normalized spacial score (nSPS) is 17.7. The highest BCUT2D eigenvalue weighted by Gasteiger charge is 2.29. The van der Waals surface area contributed by atoms with E-state index in [4.69, 9.17) is 4.74 Å². The maximum atomic E-state index is 13.0. The van der Waals surface area contributed by atoms with Gasteiger partial charge < -0.3 is 15.5 Å². The van der Waals surface area contributed by atoms with E-state index in [1.165, 1.54) is 10.7 Å². The summed E-state index contributed by atoms with van der Waals surface area (Å²) in [7, 11) is 0. The van der Waals surface area contributed by atoms with E-state index >= 15 is 0 Å². The fourth-order valence-electron chi connectivity index (χ4n) is 3.95. The molecule has 8 nitrogen and oxygen atoms in total. The van der Waals surface area contributed by atoms with Gasteiger partial charge in [0.15, 0.2) is 5.65 Å². The molecule has 2 aliphatic rings. The van der Waals surface area contributed by atoms with E-state index in [-0.39, 0.29) is 5.75 Å². The number of hydrogen-bond donors (Lipinski definition) is 3. The maximum Gasteiger partial charge on any atom is 0.387 e. The van der Waals surface area contributed by atoms with Crippen molar-refractivity contribution in [1.82, 2.24) is 30.8 Å². The number of carbonyl (C=O) groups excluding carboxylic acids is 1. The molecule has 1 aliphatic heterocycles. The SMILES string of the molecule is O=C(NC1=CNNC1c1cc2c(cc1OC(F)F)CCC2)c1cnn2cccnc12. The van der Waals surface area contributed by atoms with Crippen molar-refractivity contribution in [2.24, 2.45) is 0 Å².